The highest BCUT2D eigenvalue weighted by molar-refractivity contribution is 9.10. The van der Waals surface area contributed by atoms with Gasteiger partial charge < -0.3 is 5.32 Å². The van der Waals surface area contributed by atoms with E-state index in [4.69, 9.17) is 0 Å². The van der Waals surface area contributed by atoms with Crippen molar-refractivity contribution in [2.24, 2.45) is 0 Å². The number of carbonyl (C=O) groups is 1. The lowest BCUT2D eigenvalue weighted by Crippen LogP contribution is -2.43. The van der Waals surface area contributed by atoms with Crippen LogP contribution in [0.3, 0.4) is 0 Å². The Labute approximate surface area is 146 Å². The first-order valence-electron chi connectivity index (χ1n) is 7.77. The molecule has 2 atom stereocenters. The molecule has 0 aliphatic rings. The monoisotopic (exact) mass is 374 g/mol. The van der Waals surface area contributed by atoms with Gasteiger partial charge in [0.15, 0.2) is 0 Å². The first kappa shape index (κ1) is 17.7. The summed E-state index contributed by atoms with van der Waals surface area (Å²) in [5, 5.41) is 3.08. The summed E-state index contributed by atoms with van der Waals surface area (Å²) in [6.45, 7) is 4.68. The first-order valence-corrected chi connectivity index (χ1v) is 8.56. The quantitative estimate of drug-likeness (QED) is 0.823. The number of hydrogen-bond donors (Lipinski definition) is 1. The molecule has 0 saturated carbocycles. The molecule has 0 aromatic heterocycles. The van der Waals surface area contributed by atoms with Crippen molar-refractivity contribution in [1.82, 2.24) is 10.2 Å². The van der Waals surface area contributed by atoms with Gasteiger partial charge in [0, 0.05) is 11.0 Å². The molecule has 0 bridgehead atoms. The van der Waals surface area contributed by atoms with Crippen LogP contribution in [0.4, 0.5) is 0 Å². The highest BCUT2D eigenvalue weighted by Gasteiger charge is 2.20. The molecule has 122 valence electrons. The number of amides is 1. The number of nitrogens with zero attached hydrogens (tertiary/aromatic N) is 1. The Morgan fingerprint density at radius 3 is 2.30 bits per heavy atom. The summed E-state index contributed by atoms with van der Waals surface area (Å²) in [7, 11) is 1.97. The number of benzene rings is 2. The van der Waals surface area contributed by atoms with Gasteiger partial charge in [0.2, 0.25) is 5.91 Å². The number of halogens is 1. The minimum atomic E-state index is -0.190. The Balaban J connectivity index is 1.92. The molecular formula is C19H23BrN2O. The maximum absolute atomic E-state index is 12.5. The van der Waals surface area contributed by atoms with E-state index in [1.54, 1.807) is 0 Å². The van der Waals surface area contributed by atoms with Crippen LogP contribution in [0.15, 0.2) is 59.1 Å². The maximum Gasteiger partial charge on any atom is 0.237 e. The third-order valence-corrected chi connectivity index (χ3v) is 4.57. The Bertz CT molecular complexity index is 628. The summed E-state index contributed by atoms with van der Waals surface area (Å²) in [6, 6.07) is 18.0. The summed E-state index contributed by atoms with van der Waals surface area (Å²) in [4.78, 5) is 14.5. The van der Waals surface area contributed by atoms with E-state index in [-0.39, 0.29) is 18.0 Å². The van der Waals surface area contributed by atoms with Crippen LogP contribution in [0.5, 0.6) is 0 Å². The first-order chi connectivity index (χ1) is 11.0. The van der Waals surface area contributed by atoms with Crippen LogP contribution in [-0.4, -0.2) is 23.9 Å². The van der Waals surface area contributed by atoms with Crippen LogP contribution in [-0.2, 0) is 11.3 Å². The fourth-order valence-electron chi connectivity index (χ4n) is 2.37. The lowest BCUT2D eigenvalue weighted by Gasteiger charge is -2.25. The van der Waals surface area contributed by atoms with E-state index in [0.717, 1.165) is 16.6 Å². The highest BCUT2D eigenvalue weighted by atomic mass is 79.9. The molecule has 0 saturated heterocycles. The second-order valence-electron chi connectivity index (χ2n) is 5.86. The fourth-order valence-corrected chi connectivity index (χ4v) is 2.64. The van der Waals surface area contributed by atoms with Crippen LogP contribution in [0.1, 0.15) is 31.0 Å². The normalized spacial score (nSPS) is 13.6. The molecule has 0 heterocycles. The van der Waals surface area contributed by atoms with Crippen LogP contribution >= 0.6 is 15.9 Å². The highest BCUT2D eigenvalue weighted by Crippen LogP contribution is 2.14. The zero-order valence-corrected chi connectivity index (χ0v) is 15.4. The predicted molar refractivity (Wildman–Crippen MR) is 98.1 cm³/mol. The molecule has 0 radical (unpaired) electrons. The molecule has 2 aromatic carbocycles. The van der Waals surface area contributed by atoms with Crippen LogP contribution in [0.2, 0.25) is 0 Å². The lowest BCUT2D eigenvalue weighted by atomic mass is 10.1. The molecule has 2 aromatic rings. The van der Waals surface area contributed by atoms with Gasteiger partial charge in [-0.15, -0.1) is 0 Å². The van der Waals surface area contributed by atoms with E-state index >= 15 is 0 Å². The Kier molecular flexibility index (Phi) is 6.37. The Morgan fingerprint density at radius 2 is 1.70 bits per heavy atom. The zero-order valence-electron chi connectivity index (χ0n) is 13.8. The van der Waals surface area contributed by atoms with Crippen molar-refractivity contribution in [3.8, 4) is 0 Å². The summed E-state index contributed by atoms with van der Waals surface area (Å²) in [5.74, 6) is 0.0426. The van der Waals surface area contributed by atoms with Crippen molar-refractivity contribution in [1.29, 1.82) is 0 Å². The van der Waals surface area contributed by atoms with Crippen LogP contribution in [0, 0.1) is 0 Å². The van der Waals surface area contributed by atoms with Gasteiger partial charge in [-0.05, 0) is 44.2 Å². The third-order valence-electron chi connectivity index (χ3n) is 4.04. The van der Waals surface area contributed by atoms with Crippen molar-refractivity contribution < 1.29 is 4.79 Å². The van der Waals surface area contributed by atoms with E-state index in [9.17, 15) is 4.79 Å². The molecule has 0 fully saturated rings. The minimum Gasteiger partial charge on any atom is -0.348 e. The molecule has 0 spiro atoms. The average molecular weight is 375 g/mol. The van der Waals surface area contributed by atoms with Gasteiger partial charge in [0.05, 0.1) is 12.1 Å². The van der Waals surface area contributed by atoms with Crippen LogP contribution in [0.25, 0.3) is 0 Å². The molecular weight excluding hydrogens is 352 g/mol. The smallest absolute Gasteiger partial charge is 0.237 e. The second-order valence-corrected chi connectivity index (χ2v) is 6.77. The van der Waals surface area contributed by atoms with Crippen molar-refractivity contribution in [2.45, 2.75) is 32.5 Å². The Morgan fingerprint density at radius 1 is 1.09 bits per heavy atom. The number of rotatable bonds is 6. The van der Waals surface area contributed by atoms with Gasteiger partial charge in [0.1, 0.15) is 0 Å². The van der Waals surface area contributed by atoms with Crippen molar-refractivity contribution >= 4 is 21.8 Å². The zero-order chi connectivity index (χ0) is 16.8. The van der Waals surface area contributed by atoms with Crippen molar-refractivity contribution in [3.63, 3.8) is 0 Å². The van der Waals surface area contributed by atoms with Gasteiger partial charge in [-0.2, -0.15) is 0 Å². The molecule has 1 amide bonds. The molecule has 2 rings (SSSR count). The van der Waals surface area contributed by atoms with Crippen molar-refractivity contribution in [2.75, 3.05) is 7.05 Å². The minimum absolute atomic E-state index is 0.00670. The summed E-state index contributed by atoms with van der Waals surface area (Å²) in [5.41, 5.74) is 2.30. The number of likely N-dealkylation sites (N-methyl/N-ethyl adjacent to an activating group) is 1. The second kappa shape index (κ2) is 8.27. The fraction of sp³-hybridized carbons (Fsp3) is 0.316. The molecule has 3 nitrogen and oxygen atoms in total. The van der Waals surface area contributed by atoms with Gasteiger partial charge in [0.25, 0.3) is 0 Å². The SMILES string of the molecule is CC(NC(=O)C(C)N(C)Cc1ccc(Br)cc1)c1ccccc1. The standard InChI is InChI=1S/C19H23BrN2O/c1-14(17-7-5-4-6-8-17)21-19(23)15(2)22(3)13-16-9-11-18(20)12-10-16/h4-12,14-15H,13H2,1-3H3,(H,21,23). The third kappa shape index (κ3) is 5.19. The molecule has 4 heteroatoms. The summed E-state index contributed by atoms with van der Waals surface area (Å²) < 4.78 is 1.06. The topological polar surface area (TPSA) is 32.3 Å². The molecule has 2 unspecified atom stereocenters. The van der Waals surface area contributed by atoms with Gasteiger partial charge in [-0.3, -0.25) is 9.69 Å². The molecule has 23 heavy (non-hydrogen) atoms. The van der Waals surface area contributed by atoms with Gasteiger partial charge in [-0.1, -0.05) is 58.4 Å². The number of carbonyl (C=O) groups excluding carboxylic acids is 1. The van der Waals surface area contributed by atoms with Crippen molar-refractivity contribution in [3.05, 3.63) is 70.2 Å². The lowest BCUT2D eigenvalue weighted by molar-refractivity contribution is -0.126. The largest absolute Gasteiger partial charge is 0.348 e. The van der Waals surface area contributed by atoms with E-state index in [2.05, 4.69) is 38.3 Å². The summed E-state index contributed by atoms with van der Waals surface area (Å²) >= 11 is 3.44. The number of nitrogens with one attached hydrogen (secondary N) is 1. The van der Waals surface area contributed by atoms with E-state index in [1.807, 2.05) is 63.4 Å². The van der Waals surface area contributed by atoms with Gasteiger partial charge >= 0.3 is 0 Å². The van der Waals surface area contributed by atoms with E-state index in [1.165, 1.54) is 5.56 Å². The van der Waals surface area contributed by atoms with Crippen LogP contribution < -0.4 is 5.32 Å². The molecule has 1 N–H and O–H groups in total. The molecule has 0 aliphatic carbocycles. The maximum atomic E-state index is 12.5. The average Bonchev–Trinajstić information content (AvgIpc) is 2.56. The Hall–Kier alpha value is -1.65. The van der Waals surface area contributed by atoms with E-state index < -0.39 is 0 Å². The number of hydrogen-bond acceptors (Lipinski definition) is 2. The predicted octanol–water partition coefficient (Wildman–Crippen LogP) is 4.15. The van der Waals surface area contributed by atoms with E-state index in [0.29, 0.717) is 0 Å². The molecule has 0 aliphatic heterocycles. The van der Waals surface area contributed by atoms with Gasteiger partial charge in [-0.25, -0.2) is 0 Å². The summed E-state index contributed by atoms with van der Waals surface area (Å²) in [6.07, 6.45) is 0.